The highest BCUT2D eigenvalue weighted by atomic mass is 19.4. The first kappa shape index (κ1) is 20.7. The van der Waals surface area contributed by atoms with Gasteiger partial charge in [-0.3, -0.25) is 4.98 Å². The topological polar surface area (TPSA) is 94.1 Å². The SMILES string of the molecule is COc1cccc(-c2nc(Nc3ccnc(C(F)(F)F)c3)nc(NC3COC3)n2)c1F. The number of nitrogens with zero attached hydrogens (tertiary/aromatic N) is 4. The fourth-order valence-electron chi connectivity index (χ4n) is 2.75. The Kier molecular flexibility index (Phi) is 5.55. The van der Waals surface area contributed by atoms with Crippen LogP contribution >= 0.6 is 0 Å². The predicted octanol–water partition coefficient (Wildman–Crippen LogP) is 3.65. The van der Waals surface area contributed by atoms with Gasteiger partial charge in [-0.15, -0.1) is 0 Å². The van der Waals surface area contributed by atoms with E-state index in [0.717, 1.165) is 12.3 Å². The van der Waals surface area contributed by atoms with E-state index in [9.17, 15) is 17.6 Å². The van der Waals surface area contributed by atoms with Crippen molar-refractivity contribution in [2.45, 2.75) is 12.2 Å². The van der Waals surface area contributed by atoms with Crippen LogP contribution in [-0.2, 0) is 10.9 Å². The first-order valence-corrected chi connectivity index (χ1v) is 9.07. The van der Waals surface area contributed by atoms with Crippen molar-refractivity contribution >= 4 is 17.6 Å². The van der Waals surface area contributed by atoms with E-state index in [2.05, 4.69) is 30.6 Å². The van der Waals surface area contributed by atoms with E-state index in [1.54, 1.807) is 6.07 Å². The zero-order valence-electron chi connectivity index (χ0n) is 16.1. The van der Waals surface area contributed by atoms with Gasteiger partial charge >= 0.3 is 6.18 Å². The van der Waals surface area contributed by atoms with Crippen LogP contribution in [0.2, 0.25) is 0 Å². The first-order valence-electron chi connectivity index (χ1n) is 9.07. The summed E-state index contributed by atoms with van der Waals surface area (Å²) in [4.78, 5) is 15.9. The number of alkyl halides is 3. The molecule has 0 atom stereocenters. The van der Waals surface area contributed by atoms with E-state index in [4.69, 9.17) is 9.47 Å². The number of hydrogen-bond acceptors (Lipinski definition) is 8. The van der Waals surface area contributed by atoms with Gasteiger partial charge in [-0.2, -0.15) is 28.1 Å². The minimum Gasteiger partial charge on any atom is -0.494 e. The van der Waals surface area contributed by atoms with Crippen LogP contribution in [0.25, 0.3) is 11.4 Å². The Morgan fingerprint density at radius 1 is 1.10 bits per heavy atom. The molecule has 0 bridgehead atoms. The van der Waals surface area contributed by atoms with E-state index in [0.29, 0.717) is 13.2 Å². The second kappa shape index (κ2) is 8.30. The summed E-state index contributed by atoms with van der Waals surface area (Å²) in [5.74, 6) is -0.661. The molecule has 8 nitrogen and oxygen atoms in total. The molecule has 4 rings (SSSR count). The zero-order valence-corrected chi connectivity index (χ0v) is 16.1. The molecule has 2 N–H and O–H groups in total. The summed E-state index contributed by atoms with van der Waals surface area (Å²) in [6, 6.07) is 6.58. The average molecular weight is 436 g/mol. The van der Waals surface area contributed by atoms with Crippen LogP contribution in [0.4, 0.5) is 35.1 Å². The highest BCUT2D eigenvalue weighted by Gasteiger charge is 2.32. The van der Waals surface area contributed by atoms with Gasteiger partial charge in [0.1, 0.15) is 5.69 Å². The smallest absolute Gasteiger partial charge is 0.433 e. The fraction of sp³-hybridized carbons (Fsp3) is 0.263. The van der Waals surface area contributed by atoms with Crippen LogP contribution in [0.1, 0.15) is 5.69 Å². The number of pyridine rings is 1. The lowest BCUT2D eigenvalue weighted by molar-refractivity contribution is -0.141. The van der Waals surface area contributed by atoms with Gasteiger partial charge in [0.25, 0.3) is 0 Å². The molecule has 0 spiro atoms. The molecule has 0 unspecified atom stereocenters. The Morgan fingerprint density at radius 2 is 1.87 bits per heavy atom. The minimum absolute atomic E-state index is 0.00160. The first-order chi connectivity index (χ1) is 14.8. The van der Waals surface area contributed by atoms with Gasteiger partial charge in [0, 0.05) is 11.9 Å². The second-order valence-corrected chi connectivity index (χ2v) is 6.56. The third-order valence-corrected chi connectivity index (χ3v) is 4.34. The fourth-order valence-corrected chi connectivity index (χ4v) is 2.75. The molecule has 2 aromatic heterocycles. The molecule has 1 aromatic carbocycles. The molecule has 0 aliphatic carbocycles. The number of ether oxygens (including phenoxy) is 2. The average Bonchev–Trinajstić information content (AvgIpc) is 2.70. The molecular formula is C19H16F4N6O2. The van der Waals surface area contributed by atoms with Gasteiger partial charge in [0.2, 0.25) is 11.9 Å². The molecule has 162 valence electrons. The summed E-state index contributed by atoms with van der Waals surface area (Å²) in [7, 11) is 1.33. The zero-order chi connectivity index (χ0) is 22.0. The Labute approximate surface area is 173 Å². The van der Waals surface area contributed by atoms with Crippen molar-refractivity contribution in [3.05, 3.63) is 48.0 Å². The molecule has 1 aliphatic heterocycles. The van der Waals surface area contributed by atoms with Crippen molar-refractivity contribution in [1.29, 1.82) is 0 Å². The van der Waals surface area contributed by atoms with Crippen LogP contribution < -0.4 is 15.4 Å². The number of hydrogen-bond donors (Lipinski definition) is 2. The van der Waals surface area contributed by atoms with E-state index in [-0.39, 0.29) is 40.8 Å². The molecule has 1 fully saturated rings. The Morgan fingerprint density at radius 3 is 2.55 bits per heavy atom. The second-order valence-electron chi connectivity index (χ2n) is 6.56. The largest absolute Gasteiger partial charge is 0.494 e. The predicted molar refractivity (Wildman–Crippen MR) is 103 cm³/mol. The maximum atomic E-state index is 14.8. The summed E-state index contributed by atoms with van der Waals surface area (Å²) in [6.45, 7) is 0.882. The highest BCUT2D eigenvalue weighted by molar-refractivity contribution is 5.63. The van der Waals surface area contributed by atoms with Gasteiger partial charge in [0.05, 0.1) is 31.9 Å². The van der Waals surface area contributed by atoms with E-state index in [1.165, 1.54) is 25.3 Å². The van der Waals surface area contributed by atoms with Crippen molar-refractivity contribution < 1.29 is 27.0 Å². The number of methoxy groups -OCH3 is 1. The van der Waals surface area contributed by atoms with Gasteiger partial charge in [-0.1, -0.05) is 6.07 Å². The molecular weight excluding hydrogens is 420 g/mol. The van der Waals surface area contributed by atoms with Crippen molar-refractivity contribution in [3.8, 4) is 17.1 Å². The van der Waals surface area contributed by atoms with Crippen molar-refractivity contribution in [2.24, 2.45) is 0 Å². The third-order valence-electron chi connectivity index (χ3n) is 4.34. The van der Waals surface area contributed by atoms with E-state index < -0.39 is 17.7 Å². The molecule has 0 amide bonds. The normalized spacial score (nSPS) is 14.1. The number of halogens is 4. The Hall–Kier alpha value is -3.54. The van der Waals surface area contributed by atoms with Crippen LogP contribution in [-0.4, -0.2) is 46.3 Å². The number of aromatic nitrogens is 4. The molecule has 12 heteroatoms. The number of rotatable bonds is 6. The van der Waals surface area contributed by atoms with Crippen molar-refractivity contribution in [3.63, 3.8) is 0 Å². The number of anilines is 3. The molecule has 31 heavy (non-hydrogen) atoms. The van der Waals surface area contributed by atoms with Crippen molar-refractivity contribution in [1.82, 2.24) is 19.9 Å². The maximum Gasteiger partial charge on any atom is 0.433 e. The van der Waals surface area contributed by atoms with E-state index >= 15 is 0 Å². The molecule has 3 aromatic rings. The summed E-state index contributed by atoms with van der Waals surface area (Å²) in [5, 5.41) is 5.72. The quantitative estimate of drug-likeness (QED) is 0.566. The standard InChI is InChI=1S/C19H16F4N6O2/c1-30-13-4-2-3-12(15(13)20)16-27-17(29-18(28-16)26-11-8-31-9-11)25-10-5-6-24-14(7-10)19(21,22)23/h2-7,11H,8-9H2,1H3,(H2,24,25,26,27,28,29). The molecule has 0 saturated carbocycles. The van der Waals surface area contributed by atoms with Gasteiger partial charge in [-0.05, 0) is 24.3 Å². The summed E-state index contributed by atoms with van der Waals surface area (Å²) in [5.41, 5.74) is -0.970. The number of benzene rings is 1. The Balaban J connectivity index is 1.72. The molecule has 1 saturated heterocycles. The lowest BCUT2D eigenvalue weighted by Gasteiger charge is -2.26. The summed E-state index contributed by atoms with van der Waals surface area (Å²) in [6.07, 6.45) is -3.59. The van der Waals surface area contributed by atoms with Crippen molar-refractivity contribution in [2.75, 3.05) is 31.0 Å². The monoisotopic (exact) mass is 436 g/mol. The number of nitrogens with one attached hydrogen (secondary N) is 2. The lowest BCUT2D eigenvalue weighted by atomic mass is 10.2. The lowest BCUT2D eigenvalue weighted by Crippen LogP contribution is -2.40. The molecule has 1 aliphatic rings. The van der Waals surface area contributed by atoms with Crippen LogP contribution in [0.15, 0.2) is 36.5 Å². The van der Waals surface area contributed by atoms with E-state index in [1.807, 2.05) is 0 Å². The minimum atomic E-state index is -4.61. The van der Waals surface area contributed by atoms with Crippen LogP contribution in [0, 0.1) is 5.82 Å². The maximum absolute atomic E-state index is 14.8. The molecule has 3 heterocycles. The van der Waals surface area contributed by atoms with Gasteiger partial charge < -0.3 is 20.1 Å². The van der Waals surface area contributed by atoms with Gasteiger partial charge in [-0.25, -0.2) is 4.39 Å². The summed E-state index contributed by atoms with van der Waals surface area (Å²) < 4.78 is 63.7. The van der Waals surface area contributed by atoms with Crippen LogP contribution in [0.5, 0.6) is 5.75 Å². The Bertz CT molecular complexity index is 1090. The summed E-state index contributed by atoms with van der Waals surface area (Å²) >= 11 is 0. The van der Waals surface area contributed by atoms with Gasteiger partial charge in [0.15, 0.2) is 17.4 Å². The highest BCUT2D eigenvalue weighted by Crippen LogP contribution is 2.31. The third kappa shape index (κ3) is 4.63. The van der Waals surface area contributed by atoms with Crippen LogP contribution in [0.3, 0.4) is 0 Å². The molecule has 0 radical (unpaired) electrons.